The summed E-state index contributed by atoms with van der Waals surface area (Å²) in [5.74, 6) is 0.630. The van der Waals surface area contributed by atoms with Crippen LogP contribution in [-0.2, 0) is 9.53 Å². The van der Waals surface area contributed by atoms with Crippen molar-refractivity contribution in [3.05, 3.63) is 0 Å². The van der Waals surface area contributed by atoms with E-state index in [9.17, 15) is 4.79 Å². The minimum atomic E-state index is -0.0160. The van der Waals surface area contributed by atoms with E-state index in [0.29, 0.717) is 18.9 Å². The van der Waals surface area contributed by atoms with Gasteiger partial charge in [-0.2, -0.15) is 0 Å². The molecular formula is C9H16O2. The lowest BCUT2D eigenvalue weighted by molar-refractivity contribution is -0.149. The Bertz CT molecular complexity index is 122. The van der Waals surface area contributed by atoms with Crippen LogP contribution in [0.3, 0.4) is 0 Å². The quantitative estimate of drug-likeness (QED) is 0.585. The third kappa shape index (κ3) is 2.91. The zero-order valence-electron chi connectivity index (χ0n) is 7.14. The normalized spacial score (nSPS) is 24.8. The highest BCUT2D eigenvalue weighted by Crippen LogP contribution is 2.19. The van der Waals surface area contributed by atoms with Crippen molar-refractivity contribution in [3.8, 4) is 0 Å². The van der Waals surface area contributed by atoms with Crippen LogP contribution in [0.15, 0.2) is 0 Å². The average molecular weight is 156 g/mol. The van der Waals surface area contributed by atoms with Gasteiger partial charge in [-0.3, -0.25) is 4.79 Å². The van der Waals surface area contributed by atoms with Crippen molar-refractivity contribution < 1.29 is 9.53 Å². The molecule has 64 valence electrons. The second kappa shape index (κ2) is 4.37. The molecule has 11 heavy (non-hydrogen) atoms. The molecule has 1 atom stereocenters. The SMILES string of the molecule is CCCCC1CCC(=O)OC1. The molecule has 2 heteroatoms. The molecule has 2 nitrogen and oxygen atoms in total. The highest BCUT2D eigenvalue weighted by atomic mass is 16.5. The predicted molar refractivity (Wildman–Crippen MR) is 43.2 cm³/mol. The van der Waals surface area contributed by atoms with Crippen molar-refractivity contribution in [3.63, 3.8) is 0 Å². The van der Waals surface area contributed by atoms with Crippen LogP contribution in [0.25, 0.3) is 0 Å². The fraction of sp³-hybridized carbons (Fsp3) is 0.889. The van der Waals surface area contributed by atoms with E-state index >= 15 is 0 Å². The molecule has 0 bridgehead atoms. The first-order valence-electron chi connectivity index (χ1n) is 4.48. The molecule has 0 aromatic rings. The molecule has 1 aliphatic rings. The highest BCUT2D eigenvalue weighted by Gasteiger charge is 2.18. The van der Waals surface area contributed by atoms with Crippen molar-refractivity contribution in [2.75, 3.05) is 6.61 Å². The van der Waals surface area contributed by atoms with E-state index in [1.54, 1.807) is 0 Å². The van der Waals surface area contributed by atoms with Gasteiger partial charge in [0.2, 0.25) is 0 Å². The molecule has 1 saturated heterocycles. The molecule has 1 rings (SSSR count). The van der Waals surface area contributed by atoms with Crippen molar-refractivity contribution >= 4 is 5.97 Å². The van der Waals surface area contributed by atoms with Gasteiger partial charge < -0.3 is 4.74 Å². The fourth-order valence-electron chi connectivity index (χ4n) is 1.41. The van der Waals surface area contributed by atoms with E-state index < -0.39 is 0 Å². The van der Waals surface area contributed by atoms with Gasteiger partial charge in [-0.05, 0) is 18.8 Å². The molecule has 0 N–H and O–H groups in total. The van der Waals surface area contributed by atoms with E-state index in [4.69, 9.17) is 4.74 Å². The Kier molecular flexibility index (Phi) is 3.40. The molecular weight excluding hydrogens is 140 g/mol. The van der Waals surface area contributed by atoms with Crippen LogP contribution < -0.4 is 0 Å². The van der Waals surface area contributed by atoms with E-state index in [1.165, 1.54) is 19.3 Å². The molecule has 0 aliphatic carbocycles. The maximum atomic E-state index is 10.7. The van der Waals surface area contributed by atoms with Crippen LogP contribution in [0.5, 0.6) is 0 Å². The van der Waals surface area contributed by atoms with Crippen LogP contribution in [0.4, 0.5) is 0 Å². The summed E-state index contributed by atoms with van der Waals surface area (Å²) >= 11 is 0. The van der Waals surface area contributed by atoms with E-state index in [2.05, 4.69) is 6.92 Å². The number of esters is 1. The number of rotatable bonds is 3. The summed E-state index contributed by atoms with van der Waals surface area (Å²) in [6.07, 6.45) is 5.41. The minimum absolute atomic E-state index is 0.0160. The number of carbonyl (C=O) groups excluding carboxylic acids is 1. The number of hydrogen-bond acceptors (Lipinski definition) is 2. The van der Waals surface area contributed by atoms with Crippen molar-refractivity contribution in [2.45, 2.75) is 39.0 Å². The Labute approximate surface area is 67.9 Å². The molecule has 0 spiro atoms. The summed E-state index contributed by atoms with van der Waals surface area (Å²) in [4.78, 5) is 10.7. The Morgan fingerprint density at radius 1 is 1.64 bits per heavy atom. The van der Waals surface area contributed by atoms with Gasteiger partial charge in [0.1, 0.15) is 0 Å². The van der Waals surface area contributed by atoms with Crippen molar-refractivity contribution in [1.82, 2.24) is 0 Å². The highest BCUT2D eigenvalue weighted by molar-refractivity contribution is 5.69. The Hall–Kier alpha value is -0.530. The topological polar surface area (TPSA) is 26.3 Å². The van der Waals surface area contributed by atoms with Gasteiger partial charge in [-0.1, -0.05) is 19.8 Å². The lowest BCUT2D eigenvalue weighted by Gasteiger charge is -2.20. The lowest BCUT2D eigenvalue weighted by atomic mass is 9.96. The fourth-order valence-corrected chi connectivity index (χ4v) is 1.41. The van der Waals surface area contributed by atoms with Gasteiger partial charge in [0.25, 0.3) is 0 Å². The van der Waals surface area contributed by atoms with Crippen LogP contribution >= 0.6 is 0 Å². The van der Waals surface area contributed by atoms with Gasteiger partial charge in [-0.25, -0.2) is 0 Å². The molecule has 0 saturated carbocycles. The molecule has 0 amide bonds. The molecule has 1 unspecified atom stereocenters. The standard InChI is InChI=1S/C9H16O2/c1-2-3-4-8-5-6-9(10)11-7-8/h8H,2-7H2,1H3. The maximum Gasteiger partial charge on any atom is 0.305 e. The van der Waals surface area contributed by atoms with Crippen LogP contribution in [0.2, 0.25) is 0 Å². The number of unbranched alkanes of at least 4 members (excludes halogenated alkanes) is 1. The molecule has 1 aliphatic heterocycles. The molecule has 1 fully saturated rings. The molecule has 1 heterocycles. The maximum absolute atomic E-state index is 10.7. The third-order valence-electron chi connectivity index (χ3n) is 2.20. The van der Waals surface area contributed by atoms with Crippen molar-refractivity contribution in [1.29, 1.82) is 0 Å². The predicted octanol–water partition coefficient (Wildman–Crippen LogP) is 2.13. The number of carbonyl (C=O) groups is 1. The number of hydrogen-bond donors (Lipinski definition) is 0. The van der Waals surface area contributed by atoms with E-state index in [0.717, 1.165) is 6.42 Å². The molecule has 0 aromatic heterocycles. The van der Waals surface area contributed by atoms with Crippen LogP contribution in [-0.4, -0.2) is 12.6 Å². The minimum Gasteiger partial charge on any atom is -0.465 e. The van der Waals surface area contributed by atoms with Crippen molar-refractivity contribution in [2.24, 2.45) is 5.92 Å². The summed E-state index contributed by atoms with van der Waals surface area (Å²) < 4.78 is 4.95. The summed E-state index contributed by atoms with van der Waals surface area (Å²) in [6.45, 7) is 2.85. The first-order chi connectivity index (χ1) is 5.33. The molecule has 0 aromatic carbocycles. The summed E-state index contributed by atoms with van der Waals surface area (Å²) in [6, 6.07) is 0. The van der Waals surface area contributed by atoms with E-state index in [-0.39, 0.29) is 5.97 Å². The average Bonchev–Trinajstić information content (AvgIpc) is 2.04. The number of cyclic esters (lactones) is 1. The summed E-state index contributed by atoms with van der Waals surface area (Å²) in [5, 5.41) is 0. The Morgan fingerprint density at radius 2 is 2.45 bits per heavy atom. The number of ether oxygens (including phenoxy) is 1. The largest absolute Gasteiger partial charge is 0.465 e. The van der Waals surface area contributed by atoms with Gasteiger partial charge >= 0.3 is 5.97 Å². The second-order valence-electron chi connectivity index (χ2n) is 3.23. The summed E-state index contributed by atoms with van der Waals surface area (Å²) in [5.41, 5.74) is 0. The van der Waals surface area contributed by atoms with Gasteiger partial charge in [0.15, 0.2) is 0 Å². The third-order valence-corrected chi connectivity index (χ3v) is 2.20. The van der Waals surface area contributed by atoms with Crippen LogP contribution in [0.1, 0.15) is 39.0 Å². The zero-order chi connectivity index (χ0) is 8.10. The Morgan fingerprint density at radius 3 is 3.00 bits per heavy atom. The molecule has 0 radical (unpaired) electrons. The first kappa shape index (κ1) is 8.57. The van der Waals surface area contributed by atoms with E-state index in [1.807, 2.05) is 0 Å². The van der Waals surface area contributed by atoms with Crippen LogP contribution in [0, 0.1) is 5.92 Å². The summed E-state index contributed by atoms with van der Waals surface area (Å²) in [7, 11) is 0. The monoisotopic (exact) mass is 156 g/mol. The Balaban J connectivity index is 2.12. The zero-order valence-corrected chi connectivity index (χ0v) is 7.14. The van der Waals surface area contributed by atoms with Gasteiger partial charge in [-0.15, -0.1) is 0 Å². The van der Waals surface area contributed by atoms with Gasteiger partial charge in [0.05, 0.1) is 6.61 Å². The lowest BCUT2D eigenvalue weighted by Crippen LogP contribution is -2.21. The smallest absolute Gasteiger partial charge is 0.305 e. The van der Waals surface area contributed by atoms with Gasteiger partial charge in [0, 0.05) is 6.42 Å². The first-order valence-corrected chi connectivity index (χ1v) is 4.48. The second-order valence-corrected chi connectivity index (χ2v) is 3.23.